The van der Waals surface area contributed by atoms with Crippen LogP contribution in [0.5, 0.6) is 0 Å². The first kappa shape index (κ1) is 14.6. The fraction of sp³-hybridized carbons (Fsp3) is 0.200. The van der Waals surface area contributed by atoms with Crippen LogP contribution in [0.1, 0.15) is 16.0 Å². The molecule has 0 bridgehead atoms. The maximum atomic E-state index is 8.79. The van der Waals surface area contributed by atoms with Crippen LogP contribution in [0.15, 0.2) is 40.7 Å². The van der Waals surface area contributed by atoms with Crippen molar-refractivity contribution in [3.05, 3.63) is 56.7 Å². The number of aryl methyl sites for hydroxylation is 1. The molecule has 1 aromatic heterocycles. The molecule has 0 saturated heterocycles. The van der Waals surface area contributed by atoms with Gasteiger partial charge in [-0.2, -0.15) is 10.3 Å². The molecule has 0 aliphatic rings. The van der Waals surface area contributed by atoms with E-state index in [0.29, 0.717) is 12.4 Å². The Kier molecular flexibility index (Phi) is 5.16. The van der Waals surface area contributed by atoms with Gasteiger partial charge in [-0.25, -0.2) is 0 Å². The summed E-state index contributed by atoms with van der Waals surface area (Å²) >= 11 is 7.69. The van der Waals surface area contributed by atoms with E-state index in [1.807, 2.05) is 48.8 Å². The standard InChI is InChI=1S/C15H14ClN3S/c1-11-7-9-20-14(11)15(19-10-17)18-8-6-12-4-2-3-5-13(12)16/h2-5,7,9H,6,8H2,1H3,(H,18,19). The molecule has 0 radical (unpaired) electrons. The number of benzene rings is 1. The molecule has 3 nitrogen and oxygen atoms in total. The normalized spacial score (nSPS) is 11.2. The third-order valence-electron chi connectivity index (χ3n) is 2.88. The number of nitriles is 1. The lowest BCUT2D eigenvalue weighted by atomic mass is 10.1. The fourth-order valence-corrected chi connectivity index (χ4v) is 2.97. The molecular formula is C15H14ClN3S. The van der Waals surface area contributed by atoms with Gasteiger partial charge in [-0.15, -0.1) is 11.3 Å². The van der Waals surface area contributed by atoms with Crippen LogP contribution in [0.3, 0.4) is 0 Å². The van der Waals surface area contributed by atoms with Crippen molar-refractivity contribution in [2.24, 2.45) is 4.99 Å². The summed E-state index contributed by atoms with van der Waals surface area (Å²) in [7, 11) is 0. The number of nitrogens with zero attached hydrogens (tertiary/aromatic N) is 2. The Morgan fingerprint density at radius 3 is 2.85 bits per heavy atom. The van der Waals surface area contributed by atoms with E-state index in [4.69, 9.17) is 16.9 Å². The Labute approximate surface area is 127 Å². The summed E-state index contributed by atoms with van der Waals surface area (Å²) in [6.07, 6.45) is 2.64. The highest BCUT2D eigenvalue weighted by molar-refractivity contribution is 7.12. The van der Waals surface area contributed by atoms with Crippen molar-refractivity contribution >= 4 is 28.8 Å². The molecule has 2 rings (SSSR count). The van der Waals surface area contributed by atoms with Crippen molar-refractivity contribution in [2.45, 2.75) is 13.3 Å². The summed E-state index contributed by atoms with van der Waals surface area (Å²) in [4.78, 5) is 4.87. The fourth-order valence-electron chi connectivity index (χ4n) is 1.85. The zero-order valence-electron chi connectivity index (χ0n) is 11.1. The summed E-state index contributed by atoms with van der Waals surface area (Å²) in [5, 5.41) is 14.8. The van der Waals surface area contributed by atoms with Crippen LogP contribution < -0.4 is 5.32 Å². The molecule has 0 spiro atoms. The van der Waals surface area contributed by atoms with Crippen LogP contribution >= 0.6 is 22.9 Å². The lowest BCUT2D eigenvalue weighted by molar-refractivity contribution is 0.867. The number of aliphatic imine (C=N–C) groups is 1. The van der Waals surface area contributed by atoms with Gasteiger partial charge in [0.2, 0.25) is 6.19 Å². The lowest BCUT2D eigenvalue weighted by Crippen LogP contribution is -2.26. The minimum absolute atomic E-state index is 0.632. The van der Waals surface area contributed by atoms with Crippen molar-refractivity contribution in [1.29, 1.82) is 5.26 Å². The van der Waals surface area contributed by atoms with Gasteiger partial charge in [0.1, 0.15) is 0 Å². The Balaban J connectivity index is 2.02. The summed E-state index contributed by atoms with van der Waals surface area (Å²) in [6.45, 7) is 2.69. The molecule has 0 unspecified atom stereocenters. The molecule has 1 N–H and O–H groups in total. The van der Waals surface area contributed by atoms with Crippen molar-refractivity contribution < 1.29 is 0 Å². The Morgan fingerprint density at radius 1 is 1.40 bits per heavy atom. The largest absolute Gasteiger partial charge is 0.368 e. The van der Waals surface area contributed by atoms with Gasteiger partial charge in [-0.1, -0.05) is 29.8 Å². The van der Waals surface area contributed by atoms with E-state index in [2.05, 4.69) is 10.3 Å². The minimum Gasteiger partial charge on any atom is -0.368 e. The van der Waals surface area contributed by atoms with E-state index in [0.717, 1.165) is 27.4 Å². The van der Waals surface area contributed by atoms with Crippen LogP contribution in [0.4, 0.5) is 0 Å². The van der Waals surface area contributed by atoms with Crippen LogP contribution in [0, 0.1) is 18.4 Å². The molecule has 1 heterocycles. The van der Waals surface area contributed by atoms with E-state index in [1.54, 1.807) is 11.3 Å². The molecule has 102 valence electrons. The first-order chi connectivity index (χ1) is 9.72. The number of nitrogens with one attached hydrogen (secondary N) is 1. The molecule has 0 aliphatic carbocycles. The second-order valence-electron chi connectivity index (χ2n) is 4.26. The quantitative estimate of drug-likeness (QED) is 0.531. The Hall–Kier alpha value is -1.83. The Morgan fingerprint density at radius 2 is 2.20 bits per heavy atom. The molecule has 0 saturated carbocycles. The number of thiophene rings is 1. The minimum atomic E-state index is 0.632. The van der Waals surface area contributed by atoms with E-state index >= 15 is 0 Å². The van der Waals surface area contributed by atoms with Crippen molar-refractivity contribution in [1.82, 2.24) is 5.32 Å². The van der Waals surface area contributed by atoms with Gasteiger partial charge in [0.25, 0.3) is 0 Å². The predicted octanol–water partition coefficient (Wildman–Crippen LogP) is 3.77. The highest BCUT2D eigenvalue weighted by atomic mass is 35.5. The summed E-state index contributed by atoms with van der Waals surface area (Å²) in [5.74, 6) is 0.632. The average molecular weight is 304 g/mol. The van der Waals surface area contributed by atoms with E-state index in [9.17, 15) is 0 Å². The van der Waals surface area contributed by atoms with Gasteiger partial charge in [-0.3, -0.25) is 0 Å². The second kappa shape index (κ2) is 7.09. The van der Waals surface area contributed by atoms with Crippen molar-refractivity contribution in [3.63, 3.8) is 0 Å². The number of hydrogen-bond donors (Lipinski definition) is 1. The highest BCUT2D eigenvalue weighted by Gasteiger charge is 2.08. The summed E-state index contributed by atoms with van der Waals surface area (Å²) in [6, 6.07) is 9.78. The van der Waals surface area contributed by atoms with Crippen molar-refractivity contribution in [3.8, 4) is 6.19 Å². The maximum Gasteiger partial charge on any atom is 0.207 e. The Bertz CT molecular complexity index is 655. The summed E-state index contributed by atoms with van der Waals surface area (Å²) in [5.41, 5.74) is 2.20. The van der Waals surface area contributed by atoms with Gasteiger partial charge in [0, 0.05) is 11.6 Å². The third-order valence-corrected chi connectivity index (χ3v) is 4.28. The van der Waals surface area contributed by atoms with Gasteiger partial charge in [0.15, 0.2) is 5.84 Å². The smallest absolute Gasteiger partial charge is 0.207 e. The number of halogens is 1. The molecule has 0 fully saturated rings. The highest BCUT2D eigenvalue weighted by Crippen LogP contribution is 2.17. The average Bonchev–Trinajstić information content (AvgIpc) is 2.86. The summed E-state index contributed by atoms with van der Waals surface area (Å²) < 4.78 is 0. The lowest BCUT2D eigenvalue weighted by Gasteiger charge is -2.09. The molecule has 5 heteroatoms. The monoisotopic (exact) mass is 303 g/mol. The first-order valence-corrected chi connectivity index (χ1v) is 7.46. The van der Waals surface area contributed by atoms with Crippen LogP contribution in [-0.2, 0) is 6.42 Å². The molecule has 20 heavy (non-hydrogen) atoms. The molecule has 2 aromatic rings. The van der Waals surface area contributed by atoms with E-state index in [-0.39, 0.29) is 0 Å². The molecular weight excluding hydrogens is 290 g/mol. The van der Waals surface area contributed by atoms with Gasteiger partial charge in [-0.05, 0) is 42.0 Å². The third kappa shape index (κ3) is 3.60. The molecule has 0 amide bonds. The van der Waals surface area contributed by atoms with Gasteiger partial charge < -0.3 is 5.32 Å². The van der Waals surface area contributed by atoms with Crippen LogP contribution in [0.2, 0.25) is 5.02 Å². The molecule has 0 aliphatic heterocycles. The molecule has 1 aromatic carbocycles. The second-order valence-corrected chi connectivity index (χ2v) is 5.58. The van der Waals surface area contributed by atoms with Crippen molar-refractivity contribution in [2.75, 3.05) is 6.54 Å². The number of hydrogen-bond acceptors (Lipinski definition) is 3. The maximum absolute atomic E-state index is 8.79. The van der Waals surface area contributed by atoms with Gasteiger partial charge in [0.05, 0.1) is 4.88 Å². The van der Waals surface area contributed by atoms with Crippen LogP contribution in [-0.4, -0.2) is 12.4 Å². The van der Waals surface area contributed by atoms with Gasteiger partial charge >= 0.3 is 0 Å². The zero-order valence-corrected chi connectivity index (χ0v) is 12.6. The van der Waals surface area contributed by atoms with Crippen LogP contribution in [0.25, 0.3) is 0 Å². The SMILES string of the molecule is Cc1ccsc1C(=NC#N)NCCc1ccccc1Cl. The molecule has 0 atom stereocenters. The number of amidine groups is 1. The number of rotatable bonds is 4. The van der Waals surface area contributed by atoms with E-state index in [1.165, 1.54) is 0 Å². The predicted molar refractivity (Wildman–Crippen MR) is 84.4 cm³/mol. The zero-order chi connectivity index (χ0) is 14.4. The topological polar surface area (TPSA) is 48.2 Å². The first-order valence-electron chi connectivity index (χ1n) is 6.21. The van der Waals surface area contributed by atoms with E-state index < -0.39 is 0 Å².